The third kappa shape index (κ3) is 6.18. The first-order valence-corrected chi connectivity index (χ1v) is 5.89. The largest absolute Gasteiger partial charge is 0.311 e. The molecule has 0 fully saturated rings. The third-order valence-electron chi connectivity index (χ3n) is 2.41. The molecule has 84 valence electrons. The number of nitrogens with zero attached hydrogens (tertiary/aromatic N) is 2. The lowest BCUT2D eigenvalue weighted by molar-refractivity contribution is 0.580. The van der Waals surface area contributed by atoms with E-state index in [0.29, 0.717) is 0 Å². The van der Waals surface area contributed by atoms with E-state index in [1.165, 1.54) is 32.1 Å². The van der Waals surface area contributed by atoms with Crippen molar-refractivity contribution in [2.24, 2.45) is 0 Å². The fraction of sp³-hybridized carbons (Fsp3) is 0.667. The molecular formula is C12H21N3. The van der Waals surface area contributed by atoms with Crippen LogP contribution in [0.25, 0.3) is 0 Å². The molecule has 1 aromatic heterocycles. The molecule has 3 heteroatoms. The molecule has 3 nitrogen and oxygen atoms in total. The summed E-state index contributed by atoms with van der Waals surface area (Å²) in [6, 6.07) is 1.95. The first-order chi connectivity index (χ1) is 7.43. The number of hydrogen-bond acceptors (Lipinski definition) is 3. The van der Waals surface area contributed by atoms with Crippen LogP contribution in [0.1, 0.15) is 44.7 Å². The zero-order valence-corrected chi connectivity index (χ0v) is 9.58. The molecule has 0 saturated carbocycles. The lowest BCUT2D eigenvalue weighted by Gasteiger charge is -2.03. The van der Waals surface area contributed by atoms with Gasteiger partial charge in [-0.1, -0.05) is 32.6 Å². The molecule has 0 aliphatic rings. The van der Waals surface area contributed by atoms with Crippen molar-refractivity contribution in [3.05, 3.63) is 24.3 Å². The van der Waals surface area contributed by atoms with Crippen LogP contribution in [0.5, 0.6) is 0 Å². The number of nitrogens with one attached hydrogen (secondary N) is 1. The second kappa shape index (κ2) is 8.36. The predicted molar refractivity (Wildman–Crippen MR) is 62.5 cm³/mol. The number of rotatable bonds is 8. The molecule has 0 radical (unpaired) electrons. The van der Waals surface area contributed by atoms with Gasteiger partial charge in [-0.25, -0.2) is 9.97 Å². The Bertz CT molecular complexity index is 236. The van der Waals surface area contributed by atoms with Gasteiger partial charge in [0.15, 0.2) is 0 Å². The Labute approximate surface area is 92.3 Å². The van der Waals surface area contributed by atoms with Crippen molar-refractivity contribution in [3.8, 4) is 0 Å². The monoisotopic (exact) mass is 207 g/mol. The summed E-state index contributed by atoms with van der Waals surface area (Å²) in [6.07, 6.45) is 10.0. The summed E-state index contributed by atoms with van der Waals surface area (Å²) in [6.45, 7) is 4.19. The van der Waals surface area contributed by atoms with E-state index in [-0.39, 0.29) is 0 Å². The smallest absolute Gasteiger partial charge is 0.115 e. The normalized spacial score (nSPS) is 10.5. The van der Waals surface area contributed by atoms with Gasteiger partial charge in [-0.3, -0.25) is 0 Å². The molecule has 0 saturated heterocycles. The molecule has 0 aliphatic heterocycles. The Balaban J connectivity index is 1.93. The number of aromatic nitrogens is 2. The molecule has 1 heterocycles. The molecule has 0 aliphatic carbocycles. The SMILES string of the molecule is CCCCCCCNCc1ccncn1. The minimum Gasteiger partial charge on any atom is -0.311 e. The topological polar surface area (TPSA) is 37.8 Å². The second-order valence-corrected chi connectivity index (χ2v) is 3.79. The van der Waals surface area contributed by atoms with E-state index in [0.717, 1.165) is 18.8 Å². The van der Waals surface area contributed by atoms with Gasteiger partial charge in [-0.15, -0.1) is 0 Å². The quantitative estimate of drug-likeness (QED) is 0.666. The maximum Gasteiger partial charge on any atom is 0.115 e. The summed E-state index contributed by atoms with van der Waals surface area (Å²) in [5.74, 6) is 0. The molecule has 1 N–H and O–H groups in total. The van der Waals surface area contributed by atoms with E-state index >= 15 is 0 Å². The highest BCUT2D eigenvalue weighted by atomic mass is 14.9. The van der Waals surface area contributed by atoms with Gasteiger partial charge in [-0.2, -0.15) is 0 Å². The Kier molecular flexibility index (Phi) is 6.75. The third-order valence-corrected chi connectivity index (χ3v) is 2.41. The van der Waals surface area contributed by atoms with E-state index in [9.17, 15) is 0 Å². The lowest BCUT2D eigenvalue weighted by Crippen LogP contribution is -2.15. The highest BCUT2D eigenvalue weighted by molar-refractivity contribution is 4.96. The molecule has 0 spiro atoms. The summed E-state index contributed by atoms with van der Waals surface area (Å²) >= 11 is 0. The maximum absolute atomic E-state index is 4.15. The van der Waals surface area contributed by atoms with E-state index in [1.54, 1.807) is 12.5 Å². The van der Waals surface area contributed by atoms with E-state index in [4.69, 9.17) is 0 Å². The van der Waals surface area contributed by atoms with Crippen LogP contribution in [0.3, 0.4) is 0 Å². The number of hydrogen-bond donors (Lipinski definition) is 1. The van der Waals surface area contributed by atoms with E-state index in [1.807, 2.05) is 6.07 Å². The molecule has 0 bridgehead atoms. The standard InChI is InChI=1S/C12H21N3/c1-2-3-4-5-6-8-13-10-12-7-9-14-11-15-12/h7,9,11,13H,2-6,8,10H2,1H3. The fourth-order valence-electron chi connectivity index (χ4n) is 1.49. The fourth-order valence-corrected chi connectivity index (χ4v) is 1.49. The Morgan fingerprint density at radius 3 is 2.80 bits per heavy atom. The van der Waals surface area contributed by atoms with Gasteiger partial charge in [0, 0.05) is 12.7 Å². The average molecular weight is 207 g/mol. The Morgan fingerprint density at radius 1 is 1.20 bits per heavy atom. The van der Waals surface area contributed by atoms with Gasteiger partial charge in [0.05, 0.1) is 5.69 Å². The Hall–Kier alpha value is -0.960. The van der Waals surface area contributed by atoms with Gasteiger partial charge in [0.1, 0.15) is 6.33 Å². The molecular weight excluding hydrogens is 186 g/mol. The van der Waals surface area contributed by atoms with Crippen molar-refractivity contribution in [3.63, 3.8) is 0 Å². The van der Waals surface area contributed by atoms with Crippen LogP contribution in [0.15, 0.2) is 18.6 Å². The van der Waals surface area contributed by atoms with E-state index < -0.39 is 0 Å². The number of unbranched alkanes of at least 4 members (excludes halogenated alkanes) is 4. The first kappa shape index (κ1) is 12.1. The van der Waals surface area contributed by atoms with Gasteiger partial charge < -0.3 is 5.32 Å². The zero-order chi connectivity index (χ0) is 10.8. The minimum atomic E-state index is 0.857. The molecule has 0 atom stereocenters. The van der Waals surface area contributed by atoms with Gasteiger partial charge >= 0.3 is 0 Å². The summed E-state index contributed by atoms with van der Waals surface area (Å²) < 4.78 is 0. The first-order valence-electron chi connectivity index (χ1n) is 5.89. The van der Waals surface area contributed by atoms with Crippen LogP contribution < -0.4 is 5.32 Å². The molecule has 0 amide bonds. The zero-order valence-electron chi connectivity index (χ0n) is 9.58. The summed E-state index contributed by atoms with van der Waals surface area (Å²) in [5, 5.41) is 3.39. The molecule has 1 aromatic rings. The van der Waals surface area contributed by atoms with Gasteiger partial charge in [0.2, 0.25) is 0 Å². The van der Waals surface area contributed by atoms with Crippen LogP contribution in [0.4, 0.5) is 0 Å². The van der Waals surface area contributed by atoms with Crippen molar-refractivity contribution >= 4 is 0 Å². The van der Waals surface area contributed by atoms with Crippen molar-refractivity contribution in [1.29, 1.82) is 0 Å². The van der Waals surface area contributed by atoms with Crippen LogP contribution in [-0.2, 0) is 6.54 Å². The molecule has 0 aromatic carbocycles. The van der Waals surface area contributed by atoms with Crippen molar-refractivity contribution in [2.45, 2.75) is 45.6 Å². The highest BCUT2D eigenvalue weighted by Gasteiger charge is 1.92. The summed E-state index contributed by atoms with van der Waals surface area (Å²) in [4.78, 5) is 8.04. The lowest BCUT2D eigenvalue weighted by atomic mass is 10.1. The second-order valence-electron chi connectivity index (χ2n) is 3.79. The molecule has 0 unspecified atom stereocenters. The van der Waals surface area contributed by atoms with Crippen molar-refractivity contribution in [2.75, 3.05) is 6.54 Å². The van der Waals surface area contributed by atoms with Crippen LogP contribution in [0, 0.1) is 0 Å². The highest BCUT2D eigenvalue weighted by Crippen LogP contribution is 2.01. The molecule has 1 rings (SSSR count). The summed E-state index contributed by atoms with van der Waals surface area (Å²) in [7, 11) is 0. The van der Waals surface area contributed by atoms with Crippen molar-refractivity contribution < 1.29 is 0 Å². The van der Waals surface area contributed by atoms with E-state index in [2.05, 4.69) is 22.2 Å². The van der Waals surface area contributed by atoms with Crippen LogP contribution in [0.2, 0.25) is 0 Å². The van der Waals surface area contributed by atoms with Crippen molar-refractivity contribution in [1.82, 2.24) is 15.3 Å². The minimum absolute atomic E-state index is 0.857. The summed E-state index contributed by atoms with van der Waals surface area (Å²) in [5.41, 5.74) is 1.07. The predicted octanol–water partition coefficient (Wildman–Crippen LogP) is 2.54. The van der Waals surface area contributed by atoms with Crippen LogP contribution in [-0.4, -0.2) is 16.5 Å². The average Bonchev–Trinajstić information content (AvgIpc) is 2.29. The molecule has 15 heavy (non-hydrogen) atoms. The Morgan fingerprint density at radius 2 is 2.07 bits per heavy atom. The van der Waals surface area contributed by atoms with Gasteiger partial charge in [-0.05, 0) is 19.0 Å². The van der Waals surface area contributed by atoms with Gasteiger partial charge in [0.25, 0.3) is 0 Å². The maximum atomic E-state index is 4.15. The van der Waals surface area contributed by atoms with Crippen LogP contribution >= 0.6 is 0 Å².